The van der Waals surface area contributed by atoms with E-state index in [0.29, 0.717) is 5.75 Å². The first kappa shape index (κ1) is 11.9. The van der Waals surface area contributed by atoms with Crippen LogP contribution in [0.1, 0.15) is 16.7 Å². The van der Waals surface area contributed by atoms with Gasteiger partial charge in [0.2, 0.25) is 0 Å². The van der Waals surface area contributed by atoms with Gasteiger partial charge < -0.3 is 0 Å². The molecule has 0 aliphatic rings. The zero-order valence-electron chi connectivity index (χ0n) is 10.2. The quantitative estimate of drug-likeness (QED) is 0.752. The molecule has 86 valence electrons. The molecule has 1 aromatic carbocycles. The first-order chi connectivity index (χ1) is 8.13. The average Bonchev–Trinajstić information content (AvgIpc) is 2.31. The van der Waals surface area contributed by atoms with Crippen LogP contribution in [0.3, 0.4) is 0 Å². The molecule has 1 aromatic heterocycles. The lowest BCUT2D eigenvalue weighted by molar-refractivity contribution is 1.16. The molecular weight excluding hydrogens is 228 g/mol. The Morgan fingerprint density at radius 1 is 1.18 bits per heavy atom. The van der Waals surface area contributed by atoms with E-state index < -0.39 is 0 Å². The molecule has 0 aliphatic carbocycles. The molecule has 1 heterocycles. The zero-order valence-corrected chi connectivity index (χ0v) is 11.1. The van der Waals surface area contributed by atoms with Gasteiger partial charge in [-0.2, -0.15) is 5.26 Å². The number of nitrogens with zero attached hydrogens (tertiary/aromatic N) is 2. The predicted octanol–water partition coefficient (Wildman–Crippen LogP) is 3.78. The van der Waals surface area contributed by atoms with E-state index >= 15 is 0 Å². The largest absolute Gasteiger partial charge is 0.241 e. The summed E-state index contributed by atoms with van der Waals surface area (Å²) in [5.41, 5.74) is 4.74. The molecule has 17 heavy (non-hydrogen) atoms. The summed E-state index contributed by atoms with van der Waals surface area (Å²) in [6, 6.07) is 8.43. The van der Waals surface area contributed by atoms with Crippen molar-refractivity contribution >= 4 is 22.7 Å². The minimum Gasteiger partial charge on any atom is -0.241 e. The van der Waals surface area contributed by atoms with Crippen molar-refractivity contribution in [2.75, 3.05) is 5.75 Å². The summed E-state index contributed by atoms with van der Waals surface area (Å²) in [7, 11) is 0. The van der Waals surface area contributed by atoms with Crippen molar-refractivity contribution in [1.82, 2.24) is 4.98 Å². The maximum absolute atomic E-state index is 8.61. The second kappa shape index (κ2) is 4.77. The maximum Gasteiger partial charge on any atom is 0.0980 e. The maximum atomic E-state index is 8.61. The summed E-state index contributed by atoms with van der Waals surface area (Å²) in [6.07, 6.45) is 0. The third-order valence-corrected chi connectivity index (χ3v) is 3.61. The Labute approximate surface area is 106 Å². The SMILES string of the molecule is Cc1ccc(C)c2c(C)cc(SCC#N)nc12. The molecule has 0 atom stereocenters. The van der Waals surface area contributed by atoms with E-state index in [9.17, 15) is 0 Å². The number of aryl methyl sites for hydroxylation is 3. The number of thioether (sulfide) groups is 1. The molecule has 0 N–H and O–H groups in total. The molecule has 0 saturated heterocycles. The van der Waals surface area contributed by atoms with Gasteiger partial charge in [-0.3, -0.25) is 0 Å². The van der Waals surface area contributed by atoms with Crippen LogP contribution in [0.25, 0.3) is 10.9 Å². The number of rotatable bonds is 2. The third-order valence-electron chi connectivity index (χ3n) is 2.83. The van der Waals surface area contributed by atoms with E-state index in [4.69, 9.17) is 5.26 Å². The van der Waals surface area contributed by atoms with Crippen molar-refractivity contribution in [3.05, 3.63) is 34.9 Å². The molecule has 0 bridgehead atoms. The molecule has 0 aliphatic heterocycles. The number of fused-ring (bicyclic) bond motifs is 1. The molecule has 0 unspecified atom stereocenters. The lowest BCUT2D eigenvalue weighted by atomic mass is 10.0. The van der Waals surface area contributed by atoms with Crippen molar-refractivity contribution in [2.45, 2.75) is 25.8 Å². The average molecular weight is 242 g/mol. The van der Waals surface area contributed by atoms with Crippen molar-refractivity contribution in [1.29, 1.82) is 5.26 Å². The van der Waals surface area contributed by atoms with E-state index in [1.165, 1.54) is 33.8 Å². The van der Waals surface area contributed by atoms with Gasteiger partial charge in [-0.25, -0.2) is 4.98 Å². The van der Waals surface area contributed by atoms with Crippen LogP contribution in [0, 0.1) is 32.1 Å². The molecule has 0 fully saturated rings. The summed E-state index contributed by atoms with van der Waals surface area (Å²) in [4.78, 5) is 4.65. The molecule has 2 aromatic rings. The highest BCUT2D eigenvalue weighted by Gasteiger charge is 2.07. The highest BCUT2D eigenvalue weighted by atomic mass is 32.2. The van der Waals surface area contributed by atoms with Gasteiger partial charge in [0, 0.05) is 5.39 Å². The van der Waals surface area contributed by atoms with Gasteiger partial charge in [-0.15, -0.1) is 0 Å². The molecule has 2 nitrogen and oxygen atoms in total. The van der Waals surface area contributed by atoms with Crippen LogP contribution in [-0.2, 0) is 0 Å². The molecule has 3 heteroatoms. The number of nitriles is 1. The second-order valence-corrected chi connectivity index (χ2v) is 5.14. The Morgan fingerprint density at radius 3 is 2.59 bits per heavy atom. The molecule has 0 saturated carbocycles. The van der Waals surface area contributed by atoms with E-state index in [-0.39, 0.29) is 0 Å². The van der Waals surface area contributed by atoms with Gasteiger partial charge in [0.05, 0.1) is 22.4 Å². The van der Waals surface area contributed by atoms with Gasteiger partial charge in [0.25, 0.3) is 0 Å². The highest BCUT2D eigenvalue weighted by molar-refractivity contribution is 7.99. The Hall–Kier alpha value is -1.53. The van der Waals surface area contributed by atoms with Crippen LogP contribution < -0.4 is 0 Å². The topological polar surface area (TPSA) is 36.7 Å². The standard InChI is InChI=1S/C14H14N2S/c1-9-4-5-10(2)14-13(9)11(3)8-12(16-14)17-7-6-15/h4-5,8H,7H2,1-3H3. The zero-order chi connectivity index (χ0) is 12.4. The van der Waals surface area contributed by atoms with Gasteiger partial charge in [-0.05, 0) is 43.5 Å². The molecule has 2 rings (SSSR count). The van der Waals surface area contributed by atoms with Crippen LogP contribution in [0.4, 0.5) is 0 Å². The van der Waals surface area contributed by atoms with E-state index in [1.54, 1.807) is 0 Å². The van der Waals surface area contributed by atoms with Crippen LogP contribution >= 0.6 is 11.8 Å². The van der Waals surface area contributed by atoms with Gasteiger partial charge in [0.15, 0.2) is 0 Å². The van der Waals surface area contributed by atoms with Crippen molar-refractivity contribution in [3.63, 3.8) is 0 Å². The molecule has 0 radical (unpaired) electrons. The predicted molar refractivity (Wildman–Crippen MR) is 72.3 cm³/mol. The van der Waals surface area contributed by atoms with Crippen molar-refractivity contribution in [2.24, 2.45) is 0 Å². The Morgan fingerprint density at radius 2 is 1.88 bits per heavy atom. The smallest absolute Gasteiger partial charge is 0.0980 e. The van der Waals surface area contributed by atoms with Gasteiger partial charge in [0.1, 0.15) is 0 Å². The monoisotopic (exact) mass is 242 g/mol. The minimum atomic E-state index is 0.447. The number of hydrogen-bond acceptors (Lipinski definition) is 3. The van der Waals surface area contributed by atoms with Crippen LogP contribution in [0.15, 0.2) is 23.2 Å². The van der Waals surface area contributed by atoms with Gasteiger partial charge in [-0.1, -0.05) is 23.9 Å². The van der Waals surface area contributed by atoms with E-state index in [1.807, 2.05) is 0 Å². The van der Waals surface area contributed by atoms with Gasteiger partial charge >= 0.3 is 0 Å². The number of pyridine rings is 1. The first-order valence-corrected chi connectivity index (χ1v) is 6.49. The summed E-state index contributed by atoms with van der Waals surface area (Å²) in [6.45, 7) is 6.29. The summed E-state index contributed by atoms with van der Waals surface area (Å²) in [5.74, 6) is 0.447. The molecule has 0 amide bonds. The number of hydrogen-bond donors (Lipinski definition) is 0. The van der Waals surface area contributed by atoms with E-state index in [2.05, 4.69) is 50.0 Å². The lowest BCUT2D eigenvalue weighted by Crippen LogP contribution is -1.92. The van der Waals surface area contributed by atoms with Crippen molar-refractivity contribution < 1.29 is 0 Å². The van der Waals surface area contributed by atoms with Crippen LogP contribution in [0.2, 0.25) is 0 Å². The van der Waals surface area contributed by atoms with Crippen LogP contribution in [0.5, 0.6) is 0 Å². The second-order valence-electron chi connectivity index (χ2n) is 4.15. The van der Waals surface area contributed by atoms with Crippen molar-refractivity contribution in [3.8, 4) is 6.07 Å². The highest BCUT2D eigenvalue weighted by Crippen LogP contribution is 2.27. The Balaban J connectivity index is 2.65. The number of aromatic nitrogens is 1. The molecular formula is C14H14N2S. The van der Waals surface area contributed by atoms with Crippen LogP contribution in [-0.4, -0.2) is 10.7 Å². The normalized spacial score (nSPS) is 10.5. The number of benzene rings is 1. The minimum absolute atomic E-state index is 0.447. The van der Waals surface area contributed by atoms with E-state index in [0.717, 1.165) is 10.5 Å². The first-order valence-electron chi connectivity index (χ1n) is 5.51. The fraction of sp³-hybridized carbons (Fsp3) is 0.286. The lowest BCUT2D eigenvalue weighted by Gasteiger charge is -2.09. The Kier molecular flexibility index (Phi) is 3.35. The summed E-state index contributed by atoms with van der Waals surface area (Å²) in [5, 5.41) is 10.8. The fourth-order valence-corrected chi connectivity index (χ4v) is 2.65. The Bertz CT molecular complexity index is 612. The fourth-order valence-electron chi connectivity index (χ4n) is 2.02. The molecule has 0 spiro atoms. The summed E-state index contributed by atoms with van der Waals surface area (Å²) >= 11 is 1.49. The third kappa shape index (κ3) is 2.27. The summed E-state index contributed by atoms with van der Waals surface area (Å²) < 4.78 is 0.